The molecular formula is C14H18O4. The third-order valence-electron chi connectivity index (χ3n) is 3.55. The molecule has 4 atom stereocenters. The average Bonchev–Trinajstić information content (AvgIpc) is 2.81. The molecule has 2 aliphatic rings. The second-order valence-electron chi connectivity index (χ2n) is 5.24. The molecule has 0 aliphatic carbocycles. The first-order valence-corrected chi connectivity index (χ1v) is 6.30. The summed E-state index contributed by atoms with van der Waals surface area (Å²) in [6.07, 6.45) is -0.119. The quantitative estimate of drug-likeness (QED) is 0.882. The van der Waals surface area contributed by atoms with Gasteiger partial charge in [-0.1, -0.05) is 30.3 Å². The van der Waals surface area contributed by atoms with Crippen molar-refractivity contribution in [1.29, 1.82) is 0 Å². The van der Waals surface area contributed by atoms with E-state index in [9.17, 15) is 5.11 Å². The summed E-state index contributed by atoms with van der Waals surface area (Å²) < 4.78 is 16.9. The Morgan fingerprint density at radius 1 is 1.39 bits per heavy atom. The minimum atomic E-state index is -0.964. The van der Waals surface area contributed by atoms with Crippen molar-refractivity contribution in [2.75, 3.05) is 6.61 Å². The van der Waals surface area contributed by atoms with Crippen LogP contribution in [-0.2, 0) is 20.8 Å². The van der Waals surface area contributed by atoms with Crippen LogP contribution < -0.4 is 0 Å². The molecule has 0 amide bonds. The van der Waals surface area contributed by atoms with Gasteiger partial charge in [0.1, 0.15) is 11.7 Å². The van der Waals surface area contributed by atoms with Crippen molar-refractivity contribution in [3.63, 3.8) is 0 Å². The van der Waals surface area contributed by atoms with E-state index in [0.29, 0.717) is 19.6 Å². The number of hydrogen-bond donors (Lipinski definition) is 1. The van der Waals surface area contributed by atoms with E-state index in [0.717, 1.165) is 5.56 Å². The number of rotatable bonds is 3. The Bertz CT molecular complexity index is 404. The molecule has 2 fully saturated rings. The van der Waals surface area contributed by atoms with Gasteiger partial charge in [0.15, 0.2) is 6.29 Å². The van der Waals surface area contributed by atoms with E-state index >= 15 is 0 Å². The van der Waals surface area contributed by atoms with Crippen LogP contribution in [0.25, 0.3) is 0 Å². The van der Waals surface area contributed by atoms with Crippen molar-refractivity contribution in [2.45, 2.75) is 44.1 Å². The number of ether oxygens (including phenoxy) is 3. The second-order valence-corrected chi connectivity index (χ2v) is 5.24. The zero-order valence-corrected chi connectivity index (χ0v) is 10.4. The first-order valence-electron chi connectivity index (χ1n) is 6.30. The molecule has 4 nitrogen and oxygen atoms in total. The maximum Gasteiger partial charge on any atom is 0.186 e. The third kappa shape index (κ3) is 2.29. The fraction of sp³-hybridized carbons (Fsp3) is 0.571. The van der Waals surface area contributed by atoms with E-state index in [1.54, 1.807) is 6.92 Å². The van der Waals surface area contributed by atoms with Crippen LogP contribution in [0.5, 0.6) is 0 Å². The minimum absolute atomic E-state index is 0.0565. The summed E-state index contributed by atoms with van der Waals surface area (Å²) in [5.74, 6) is 0. The van der Waals surface area contributed by atoms with Crippen LogP contribution in [0, 0.1) is 0 Å². The predicted octanol–water partition coefficient (Wildman–Crippen LogP) is 1.47. The summed E-state index contributed by atoms with van der Waals surface area (Å²) in [6.45, 7) is 2.77. The largest absolute Gasteiger partial charge is 0.385 e. The van der Waals surface area contributed by atoms with Gasteiger partial charge >= 0.3 is 0 Å². The summed E-state index contributed by atoms with van der Waals surface area (Å²) >= 11 is 0. The van der Waals surface area contributed by atoms with Crippen LogP contribution in [0.15, 0.2) is 30.3 Å². The van der Waals surface area contributed by atoms with Gasteiger partial charge in [0.25, 0.3) is 0 Å². The van der Waals surface area contributed by atoms with Gasteiger partial charge in [0.05, 0.1) is 19.3 Å². The topological polar surface area (TPSA) is 47.9 Å². The fourth-order valence-corrected chi connectivity index (χ4v) is 2.52. The molecule has 1 N–H and O–H groups in total. The third-order valence-corrected chi connectivity index (χ3v) is 3.55. The number of hydrogen-bond acceptors (Lipinski definition) is 4. The van der Waals surface area contributed by atoms with Crippen LogP contribution in [0.2, 0.25) is 0 Å². The Morgan fingerprint density at radius 3 is 2.94 bits per heavy atom. The van der Waals surface area contributed by atoms with Gasteiger partial charge in [0.2, 0.25) is 0 Å². The molecular weight excluding hydrogens is 232 g/mol. The lowest BCUT2D eigenvalue weighted by Gasteiger charge is -2.37. The number of aliphatic hydroxyl groups is 1. The average molecular weight is 250 g/mol. The van der Waals surface area contributed by atoms with E-state index in [1.807, 2.05) is 30.3 Å². The SMILES string of the molecule is C[C@@]1(O)C[C@H](OCc2ccccc2)[C@H]2CO[C@@H]1O2. The number of benzene rings is 1. The molecule has 3 rings (SSSR count). The summed E-state index contributed by atoms with van der Waals surface area (Å²) in [5.41, 5.74) is 0.159. The molecule has 0 aromatic heterocycles. The highest BCUT2D eigenvalue weighted by Gasteiger charge is 2.50. The Balaban J connectivity index is 1.63. The van der Waals surface area contributed by atoms with Gasteiger partial charge in [-0.15, -0.1) is 0 Å². The molecule has 4 heteroatoms. The molecule has 0 saturated carbocycles. The molecule has 2 aliphatic heterocycles. The van der Waals surface area contributed by atoms with Crippen LogP contribution in [-0.4, -0.2) is 35.8 Å². The monoisotopic (exact) mass is 250 g/mol. The molecule has 1 aromatic carbocycles. The zero-order valence-electron chi connectivity index (χ0n) is 10.4. The van der Waals surface area contributed by atoms with Crippen LogP contribution in [0.1, 0.15) is 18.9 Å². The smallest absolute Gasteiger partial charge is 0.186 e. The molecule has 0 spiro atoms. The van der Waals surface area contributed by atoms with Gasteiger partial charge in [-0.3, -0.25) is 0 Å². The number of fused-ring (bicyclic) bond motifs is 2. The fourth-order valence-electron chi connectivity index (χ4n) is 2.52. The summed E-state index contributed by atoms with van der Waals surface area (Å²) in [4.78, 5) is 0. The van der Waals surface area contributed by atoms with Crippen molar-refractivity contribution < 1.29 is 19.3 Å². The molecule has 1 aromatic rings. The van der Waals surface area contributed by atoms with Crippen molar-refractivity contribution in [1.82, 2.24) is 0 Å². The lowest BCUT2D eigenvalue weighted by molar-refractivity contribution is -0.235. The molecule has 0 unspecified atom stereocenters. The highest BCUT2D eigenvalue weighted by atomic mass is 16.7. The summed E-state index contributed by atoms with van der Waals surface area (Å²) in [6, 6.07) is 10.0. The lowest BCUT2D eigenvalue weighted by Crippen LogP contribution is -2.50. The van der Waals surface area contributed by atoms with Crippen molar-refractivity contribution in [3.8, 4) is 0 Å². The van der Waals surface area contributed by atoms with Crippen molar-refractivity contribution >= 4 is 0 Å². The highest BCUT2D eigenvalue weighted by molar-refractivity contribution is 5.13. The minimum Gasteiger partial charge on any atom is -0.385 e. The molecule has 2 heterocycles. The van der Waals surface area contributed by atoms with E-state index < -0.39 is 11.9 Å². The molecule has 2 saturated heterocycles. The van der Waals surface area contributed by atoms with Gasteiger partial charge in [-0.25, -0.2) is 0 Å². The van der Waals surface area contributed by atoms with Gasteiger partial charge in [0, 0.05) is 6.42 Å². The van der Waals surface area contributed by atoms with E-state index in [4.69, 9.17) is 14.2 Å². The Kier molecular flexibility index (Phi) is 3.11. The Morgan fingerprint density at radius 2 is 2.17 bits per heavy atom. The van der Waals surface area contributed by atoms with E-state index in [2.05, 4.69) is 0 Å². The maximum atomic E-state index is 10.2. The van der Waals surface area contributed by atoms with E-state index in [1.165, 1.54) is 0 Å². The zero-order chi connectivity index (χ0) is 12.6. The first-order chi connectivity index (χ1) is 8.65. The van der Waals surface area contributed by atoms with Crippen LogP contribution in [0.3, 0.4) is 0 Å². The molecule has 18 heavy (non-hydrogen) atoms. The molecule has 98 valence electrons. The van der Waals surface area contributed by atoms with Crippen LogP contribution in [0.4, 0.5) is 0 Å². The summed E-state index contributed by atoms with van der Waals surface area (Å²) in [7, 11) is 0. The predicted molar refractivity (Wildman–Crippen MR) is 64.9 cm³/mol. The standard InChI is InChI=1S/C14H18O4/c1-14(15)7-11(12-9-17-13(14)18-12)16-8-10-5-3-2-4-6-10/h2-6,11-13,15H,7-9H2,1H3/t11-,12+,13+,14+/m0/s1. The van der Waals surface area contributed by atoms with Gasteiger partial charge in [-0.2, -0.15) is 0 Å². The van der Waals surface area contributed by atoms with E-state index in [-0.39, 0.29) is 12.2 Å². The maximum absolute atomic E-state index is 10.2. The normalized spacial score (nSPS) is 38.9. The van der Waals surface area contributed by atoms with Crippen molar-refractivity contribution in [3.05, 3.63) is 35.9 Å². The molecule has 0 radical (unpaired) electrons. The van der Waals surface area contributed by atoms with Crippen LogP contribution >= 0.6 is 0 Å². The Labute approximate surface area is 106 Å². The Hall–Kier alpha value is -0.940. The summed E-state index contributed by atoms with van der Waals surface area (Å²) in [5, 5.41) is 10.2. The molecule has 2 bridgehead atoms. The highest BCUT2D eigenvalue weighted by Crippen LogP contribution is 2.36. The first kappa shape index (κ1) is 12.1. The second kappa shape index (κ2) is 4.63. The lowest BCUT2D eigenvalue weighted by atomic mass is 9.93. The van der Waals surface area contributed by atoms with Gasteiger partial charge in [-0.05, 0) is 12.5 Å². The van der Waals surface area contributed by atoms with Gasteiger partial charge < -0.3 is 19.3 Å². The van der Waals surface area contributed by atoms with Crippen molar-refractivity contribution in [2.24, 2.45) is 0 Å².